The summed E-state index contributed by atoms with van der Waals surface area (Å²) in [4.78, 5) is 12.5. The zero-order valence-electron chi connectivity index (χ0n) is 21.4. The van der Waals surface area contributed by atoms with E-state index < -0.39 is 0 Å². The lowest BCUT2D eigenvalue weighted by atomic mass is 10.1. The normalized spacial score (nSPS) is 11.1. The van der Waals surface area contributed by atoms with E-state index in [9.17, 15) is 4.79 Å². The van der Waals surface area contributed by atoms with Gasteiger partial charge in [-0.3, -0.25) is 4.79 Å². The highest BCUT2D eigenvalue weighted by Gasteiger charge is 2.12. The zero-order chi connectivity index (χ0) is 27.0. The van der Waals surface area contributed by atoms with Crippen molar-refractivity contribution in [3.63, 3.8) is 0 Å². The van der Waals surface area contributed by atoms with E-state index in [0.29, 0.717) is 12.4 Å². The second-order valence-corrected chi connectivity index (χ2v) is 9.56. The third-order valence-electron chi connectivity index (χ3n) is 5.94. The first-order valence-electron chi connectivity index (χ1n) is 12.6. The molecule has 1 heterocycles. The lowest BCUT2D eigenvalue weighted by Crippen LogP contribution is -2.24. The number of nitrogens with one attached hydrogen (secondary N) is 1. The molecule has 0 fully saturated rings. The number of carbonyl (C=O) groups excluding carboxylic acids is 1. The number of hydrogen-bond acceptors (Lipinski definition) is 5. The van der Waals surface area contributed by atoms with Crippen LogP contribution in [0.15, 0.2) is 107 Å². The molecule has 0 atom stereocenters. The molecular weight excluding hydrogens is 556 g/mol. The fourth-order valence-corrected chi connectivity index (χ4v) is 4.63. The van der Waals surface area contributed by atoms with E-state index in [0.717, 1.165) is 49.9 Å². The van der Waals surface area contributed by atoms with E-state index in [4.69, 9.17) is 14.6 Å². The van der Waals surface area contributed by atoms with Crippen molar-refractivity contribution in [2.45, 2.75) is 13.3 Å². The number of rotatable bonds is 10. The van der Waals surface area contributed by atoms with Crippen LogP contribution in [0.2, 0.25) is 0 Å². The summed E-state index contributed by atoms with van der Waals surface area (Å²) in [5.74, 6) is 1.02. The standard InChI is InChI=1S/C31H27BrN4O3/c1-2-18-38-26-15-12-23(13-16-26)31-24(20-36(35-31)25-9-4-3-5-10-25)19-33-34-29(37)21-39-28-17-14-22-8-6-7-11-27(22)30(28)32/h3-17,19-20H,2,18,21H2,1H3,(H,34,37)/b33-19-. The number of halogens is 1. The number of para-hydroxylation sites is 1. The van der Waals surface area contributed by atoms with Gasteiger partial charge in [-0.1, -0.05) is 55.5 Å². The van der Waals surface area contributed by atoms with Crippen LogP contribution in [0.25, 0.3) is 27.7 Å². The van der Waals surface area contributed by atoms with Crippen molar-refractivity contribution < 1.29 is 14.3 Å². The first-order valence-corrected chi connectivity index (χ1v) is 13.4. The molecule has 1 N–H and O–H groups in total. The van der Waals surface area contributed by atoms with Crippen molar-refractivity contribution in [3.05, 3.63) is 107 Å². The highest BCUT2D eigenvalue weighted by Crippen LogP contribution is 2.33. The molecule has 0 aliphatic carbocycles. The molecule has 4 aromatic carbocycles. The Hall–Kier alpha value is -4.43. The Morgan fingerprint density at radius 2 is 1.74 bits per heavy atom. The number of fused-ring (bicyclic) bond motifs is 1. The molecule has 8 heteroatoms. The van der Waals surface area contributed by atoms with Gasteiger partial charge in [0.05, 0.1) is 23.0 Å². The van der Waals surface area contributed by atoms with Crippen molar-refractivity contribution in [1.82, 2.24) is 15.2 Å². The SMILES string of the molecule is CCCOc1ccc(-c2nn(-c3ccccc3)cc2/C=N\NC(=O)COc2ccc3ccccc3c2Br)cc1. The number of ether oxygens (including phenoxy) is 2. The van der Waals surface area contributed by atoms with Gasteiger partial charge in [0.25, 0.3) is 5.91 Å². The number of nitrogens with zero attached hydrogens (tertiary/aromatic N) is 3. The van der Waals surface area contributed by atoms with Gasteiger partial charge < -0.3 is 9.47 Å². The number of hydrogen-bond donors (Lipinski definition) is 1. The molecule has 5 rings (SSSR count). The minimum atomic E-state index is -0.374. The van der Waals surface area contributed by atoms with Crippen molar-refractivity contribution in [1.29, 1.82) is 0 Å². The average molecular weight is 583 g/mol. The Morgan fingerprint density at radius 1 is 0.974 bits per heavy atom. The predicted octanol–water partition coefficient (Wildman–Crippen LogP) is 6.77. The molecule has 7 nitrogen and oxygen atoms in total. The predicted molar refractivity (Wildman–Crippen MR) is 158 cm³/mol. The molecule has 5 aromatic rings. The summed E-state index contributed by atoms with van der Waals surface area (Å²) in [5.41, 5.74) is 5.86. The van der Waals surface area contributed by atoms with Gasteiger partial charge in [-0.2, -0.15) is 10.2 Å². The highest BCUT2D eigenvalue weighted by atomic mass is 79.9. The molecule has 0 unspecified atom stereocenters. The van der Waals surface area contributed by atoms with E-state index in [-0.39, 0.29) is 12.5 Å². The fraction of sp³-hybridized carbons (Fsp3) is 0.129. The molecule has 1 amide bonds. The summed E-state index contributed by atoms with van der Waals surface area (Å²) in [5, 5.41) is 11.1. The first-order chi connectivity index (χ1) is 19.1. The zero-order valence-corrected chi connectivity index (χ0v) is 23.0. The summed E-state index contributed by atoms with van der Waals surface area (Å²) in [6.45, 7) is 2.56. The van der Waals surface area contributed by atoms with E-state index in [1.165, 1.54) is 0 Å². The second-order valence-electron chi connectivity index (χ2n) is 8.77. The molecule has 0 saturated heterocycles. The smallest absolute Gasteiger partial charge is 0.277 e. The maximum atomic E-state index is 12.5. The lowest BCUT2D eigenvalue weighted by Gasteiger charge is -2.09. The Balaban J connectivity index is 1.30. The Morgan fingerprint density at radius 3 is 2.54 bits per heavy atom. The molecular formula is C31H27BrN4O3. The van der Waals surface area contributed by atoms with E-state index in [2.05, 4.69) is 33.4 Å². The number of amides is 1. The number of aromatic nitrogens is 2. The van der Waals surface area contributed by atoms with Crippen molar-refractivity contribution in [3.8, 4) is 28.4 Å². The third-order valence-corrected chi connectivity index (χ3v) is 6.76. The summed E-state index contributed by atoms with van der Waals surface area (Å²) in [6.07, 6.45) is 4.41. The topological polar surface area (TPSA) is 77.7 Å². The van der Waals surface area contributed by atoms with Gasteiger partial charge in [-0.25, -0.2) is 10.1 Å². The van der Waals surface area contributed by atoms with Gasteiger partial charge in [0, 0.05) is 17.3 Å². The summed E-state index contributed by atoms with van der Waals surface area (Å²) < 4.78 is 14.1. The summed E-state index contributed by atoms with van der Waals surface area (Å²) >= 11 is 3.58. The Labute approximate surface area is 235 Å². The van der Waals surface area contributed by atoms with Gasteiger partial charge in [0.15, 0.2) is 6.61 Å². The van der Waals surface area contributed by atoms with Gasteiger partial charge in [0.1, 0.15) is 17.2 Å². The number of hydrazone groups is 1. The minimum Gasteiger partial charge on any atom is -0.494 e. The maximum absolute atomic E-state index is 12.5. The fourth-order valence-electron chi connectivity index (χ4n) is 4.02. The van der Waals surface area contributed by atoms with Crippen LogP contribution in [0.5, 0.6) is 11.5 Å². The molecule has 39 heavy (non-hydrogen) atoms. The van der Waals surface area contributed by atoms with Gasteiger partial charge in [-0.05, 0) is 75.6 Å². The quantitative estimate of drug-likeness (QED) is 0.145. The molecule has 0 aliphatic heterocycles. The third kappa shape index (κ3) is 6.35. The van der Waals surface area contributed by atoms with Crippen molar-refractivity contribution in [2.75, 3.05) is 13.2 Å². The molecule has 0 radical (unpaired) electrons. The van der Waals surface area contributed by atoms with E-state index >= 15 is 0 Å². The molecule has 196 valence electrons. The number of benzene rings is 4. The van der Waals surface area contributed by atoms with Crippen LogP contribution in [0.4, 0.5) is 0 Å². The van der Waals surface area contributed by atoms with Crippen molar-refractivity contribution in [2.24, 2.45) is 5.10 Å². The minimum absolute atomic E-state index is 0.177. The monoisotopic (exact) mass is 582 g/mol. The molecule has 0 bridgehead atoms. The second kappa shape index (κ2) is 12.4. The maximum Gasteiger partial charge on any atom is 0.277 e. The van der Waals surface area contributed by atoms with Crippen LogP contribution >= 0.6 is 15.9 Å². The molecule has 0 spiro atoms. The molecule has 0 aliphatic rings. The number of carbonyl (C=O) groups is 1. The van der Waals surface area contributed by atoms with Crippen LogP contribution in [0, 0.1) is 0 Å². The summed E-state index contributed by atoms with van der Waals surface area (Å²) in [6, 6.07) is 29.4. The first kappa shape index (κ1) is 26.2. The van der Waals surface area contributed by atoms with Crippen LogP contribution in [0.1, 0.15) is 18.9 Å². The average Bonchev–Trinajstić information content (AvgIpc) is 3.41. The largest absolute Gasteiger partial charge is 0.494 e. The van der Waals surface area contributed by atoms with Crippen LogP contribution in [0.3, 0.4) is 0 Å². The Kier molecular flexibility index (Phi) is 8.33. The molecule has 1 aromatic heterocycles. The lowest BCUT2D eigenvalue weighted by molar-refractivity contribution is -0.123. The van der Waals surface area contributed by atoms with E-state index in [1.807, 2.05) is 97.2 Å². The highest BCUT2D eigenvalue weighted by molar-refractivity contribution is 9.10. The van der Waals surface area contributed by atoms with Crippen LogP contribution < -0.4 is 14.9 Å². The van der Waals surface area contributed by atoms with Gasteiger partial charge >= 0.3 is 0 Å². The van der Waals surface area contributed by atoms with Gasteiger partial charge in [0.2, 0.25) is 0 Å². The van der Waals surface area contributed by atoms with E-state index in [1.54, 1.807) is 10.9 Å². The Bertz CT molecular complexity index is 1600. The summed E-state index contributed by atoms with van der Waals surface area (Å²) in [7, 11) is 0. The van der Waals surface area contributed by atoms with Crippen molar-refractivity contribution >= 4 is 38.8 Å². The van der Waals surface area contributed by atoms with Crippen LogP contribution in [-0.4, -0.2) is 35.1 Å². The van der Waals surface area contributed by atoms with Crippen LogP contribution in [-0.2, 0) is 4.79 Å². The molecule has 0 saturated carbocycles. The van der Waals surface area contributed by atoms with Gasteiger partial charge in [-0.15, -0.1) is 0 Å².